The predicted molar refractivity (Wildman–Crippen MR) is 99.0 cm³/mol. The minimum absolute atomic E-state index is 0.00408. The molecule has 1 aromatic carbocycles. The number of nitrogens with two attached hydrogens (primary N) is 1. The maximum atomic E-state index is 12.8. The van der Waals surface area contributed by atoms with Gasteiger partial charge in [0.1, 0.15) is 0 Å². The summed E-state index contributed by atoms with van der Waals surface area (Å²) < 4.78 is 76.8. The number of alkyl halides is 6. The zero-order chi connectivity index (χ0) is 22.7. The summed E-state index contributed by atoms with van der Waals surface area (Å²) in [5.41, 5.74) is -1.70. The number of nitrogens with one attached hydrogen (secondary N) is 1. The molecule has 2 rings (SSSR count). The van der Waals surface area contributed by atoms with Crippen molar-refractivity contribution in [3.8, 4) is 11.3 Å². The highest BCUT2D eigenvalue weighted by atomic mass is 35.5. The zero-order valence-corrected chi connectivity index (χ0v) is 16.0. The van der Waals surface area contributed by atoms with Crippen molar-refractivity contribution in [3.05, 3.63) is 58.9 Å². The van der Waals surface area contributed by atoms with Crippen molar-refractivity contribution in [3.63, 3.8) is 0 Å². The molecule has 12 heteroatoms. The number of amides is 1. The van der Waals surface area contributed by atoms with Crippen molar-refractivity contribution in [2.24, 2.45) is 5.84 Å². The molecular weight excluding hydrogens is 438 g/mol. The van der Waals surface area contributed by atoms with Crippen LogP contribution in [0.2, 0.25) is 5.02 Å². The standard InChI is InChI=1S/C18H15ClF6N4O/c1-29(26)9-10(7-17(20,21)22)16(30)28-14-5-3-2-4-12(14)15-13(19)6-11(8-27-15)18(23,24)25/h2-6,8-9H,7,26H2,1H3,(H,28,30)/b10-9+. The van der Waals surface area contributed by atoms with Crippen LogP contribution in [0.3, 0.4) is 0 Å². The van der Waals surface area contributed by atoms with E-state index in [4.69, 9.17) is 17.4 Å². The van der Waals surface area contributed by atoms with Gasteiger partial charge in [-0.1, -0.05) is 29.8 Å². The van der Waals surface area contributed by atoms with Gasteiger partial charge in [-0.15, -0.1) is 0 Å². The van der Waals surface area contributed by atoms with E-state index in [1.165, 1.54) is 31.3 Å². The van der Waals surface area contributed by atoms with Crippen LogP contribution in [0.1, 0.15) is 12.0 Å². The van der Waals surface area contributed by atoms with E-state index >= 15 is 0 Å². The number of carbonyl (C=O) groups is 1. The molecule has 3 N–H and O–H groups in total. The number of benzene rings is 1. The van der Waals surface area contributed by atoms with Crippen LogP contribution < -0.4 is 11.2 Å². The molecule has 0 saturated heterocycles. The van der Waals surface area contributed by atoms with Crippen LogP contribution in [0.25, 0.3) is 11.3 Å². The molecule has 0 aliphatic heterocycles. The third-order valence-electron chi connectivity index (χ3n) is 3.64. The number of pyridine rings is 1. The van der Waals surface area contributed by atoms with E-state index in [1.807, 2.05) is 0 Å². The Morgan fingerprint density at radius 3 is 2.40 bits per heavy atom. The van der Waals surface area contributed by atoms with Crippen LogP contribution in [0.5, 0.6) is 0 Å². The van der Waals surface area contributed by atoms with Gasteiger partial charge < -0.3 is 10.3 Å². The number of aromatic nitrogens is 1. The lowest BCUT2D eigenvalue weighted by Gasteiger charge is -2.16. The normalized spacial score (nSPS) is 12.6. The van der Waals surface area contributed by atoms with Crippen molar-refractivity contribution in [2.75, 3.05) is 12.4 Å². The maximum Gasteiger partial charge on any atom is 0.417 e. The van der Waals surface area contributed by atoms with Crippen molar-refractivity contribution in [2.45, 2.75) is 18.8 Å². The van der Waals surface area contributed by atoms with Crippen LogP contribution in [0.4, 0.5) is 32.0 Å². The first kappa shape index (κ1) is 23.5. The smallest absolute Gasteiger partial charge is 0.322 e. The molecular formula is C18H15ClF6N4O. The second-order valence-corrected chi connectivity index (χ2v) is 6.57. The van der Waals surface area contributed by atoms with Gasteiger partial charge in [-0.25, -0.2) is 5.84 Å². The van der Waals surface area contributed by atoms with Crippen molar-refractivity contribution in [1.29, 1.82) is 0 Å². The van der Waals surface area contributed by atoms with Gasteiger partial charge in [-0.2, -0.15) is 26.3 Å². The van der Waals surface area contributed by atoms with Crippen molar-refractivity contribution in [1.82, 2.24) is 9.99 Å². The maximum absolute atomic E-state index is 12.8. The number of nitrogens with zero attached hydrogens (tertiary/aromatic N) is 2. The largest absolute Gasteiger partial charge is 0.417 e. The van der Waals surface area contributed by atoms with Crippen LogP contribution in [-0.4, -0.2) is 29.1 Å². The molecule has 0 aliphatic rings. The fourth-order valence-corrected chi connectivity index (χ4v) is 2.71. The Balaban J connectivity index is 2.41. The van der Waals surface area contributed by atoms with Crippen LogP contribution in [-0.2, 0) is 11.0 Å². The van der Waals surface area contributed by atoms with E-state index in [2.05, 4.69) is 10.3 Å². The van der Waals surface area contributed by atoms with E-state index in [9.17, 15) is 31.1 Å². The summed E-state index contributed by atoms with van der Waals surface area (Å²) in [6, 6.07) is 6.39. The van der Waals surface area contributed by atoms with Gasteiger partial charge in [-0.3, -0.25) is 9.78 Å². The summed E-state index contributed by atoms with van der Waals surface area (Å²) >= 11 is 5.94. The van der Waals surface area contributed by atoms with E-state index in [0.717, 1.165) is 11.2 Å². The molecule has 30 heavy (non-hydrogen) atoms. The van der Waals surface area contributed by atoms with E-state index in [0.29, 0.717) is 12.3 Å². The molecule has 0 aliphatic carbocycles. The third-order valence-corrected chi connectivity index (χ3v) is 3.93. The SMILES string of the molecule is CN(N)/C=C(\CC(F)(F)F)C(=O)Nc1ccccc1-c1ncc(C(F)(F)F)cc1Cl. The highest BCUT2D eigenvalue weighted by molar-refractivity contribution is 6.33. The van der Waals surface area contributed by atoms with Gasteiger partial charge in [0.2, 0.25) is 0 Å². The lowest BCUT2D eigenvalue weighted by atomic mass is 10.1. The van der Waals surface area contributed by atoms with Gasteiger partial charge in [0, 0.05) is 30.6 Å². The van der Waals surface area contributed by atoms with E-state index in [-0.39, 0.29) is 22.0 Å². The number of hydrogen-bond acceptors (Lipinski definition) is 4. The lowest BCUT2D eigenvalue weighted by molar-refractivity contribution is -0.137. The molecule has 0 bridgehead atoms. The molecule has 0 unspecified atom stereocenters. The minimum Gasteiger partial charge on any atom is -0.322 e. The first-order valence-corrected chi connectivity index (χ1v) is 8.54. The topological polar surface area (TPSA) is 71.2 Å². The second-order valence-electron chi connectivity index (χ2n) is 6.16. The minimum atomic E-state index is -4.67. The average Bonchev–Trinajstić information content (AvgIpc) is 2.59. The first-order chi connectivity index (χ1) is 13.8. The first-order valence-electron chi connectivity index (χ1n) is 8.16. The molecule has 162 valence electrons. The van der Waals surface area contributed by atoms with Crippen LogP contribution in [0, 0.1) is 0 Å². The van der Waals surface area contributed by atoms with E-state index in [1.54, 1.807) is 0 Å². The van der Waals surface area contributed by atoms with Gasteiger partial charge in [0.25, 0.3) is 5.91 Å². The molecule has 1 aromatic heterocycles. The number of halogens is 7. The average molecular weight is 453 g/mol. The zero-order valence-electron chi connectivity index (χ0n) is 15.3. The quantitative estimate of drug-likeness (QED) is 0.290. The molecule has 0 spiro atoms. The number of anilines is 1. The number of rotatable bonds is 5. The highest BCUT2D eigenvalue weighted by Crippen LogP contribution is 2.36. The van der Waals surface area contributed by atoms with Crippen LogP contribution >= 0.6 is 11.6 Å². The number of para-hydroxylation sites is 1. The van der Waals surface area contributed by atoms with Gasteiger partial charge >= 0.3 is 12.4 Å². The van der Waals surface area contributed by atoms with Gasteiger partial charge in [0.05, 0.1) is 28.4 Å². The molecule has 0 saturated carbocycles. The monoisotopic (exact) mass is 452 g/mol. The summed E-state index contributed by atoms with van der Waals surface area (Å²) in [6.07, 6.45) is -9.49. The Hall–Kier alpha value is -2.79. The Morgan fingerprint density at radius 2 is 1.87 bits per heavy atom. The summed E-state index contributed by atoms with van der Waals surface area (Å²) in [7, 11) is 1.24. The van der Waals surface area contributed by atoms with Crippen molar-refractivity contribution < 1.29 is 31.1 Å². The fraction of sp³-hybridized carbons (Fsp3) is 0.222. The molecule has 2 aromatic rings. The molecule has 5 nitrogen and oxygen atoms in total. The second kappa shape index (κ2) is 8.92. The molecule has 1 amide bonds. The summed E-state index contributed by atoms with van der Waals surface area (Å²) in [4.78, 5) is 16.1. The van der Waals surface area contributed by atoms with E-state index < -0.39 is 35.8 Å². The van der Waals surface area contributed by atoms with Crippen LogP contribution in [0.15, 0.2) is 48.3 Å². The molecule has 1 heterocycles. The number of carbonyl (C=O) groups excluding carboxylic acids is 1. The predicted octanol–water partition coefficient (Wildman–Crippen LogP) is 5.00. The lowest BCUT2D eigenvalue weighted by Crippen LogP contribution is -2.26. The highest BCUT2D eigenvalue weighted by Gasteiger charge is 2.33. The Bertz CT molecular complexity index is 956. The molecule has 0 fully saturated rings. The van der Waals surface area contributed by atoms with Gasteiger partial charge in [-0.05, 0) is 12.1 Å². The summed E-state index contributed by atoms with van der Waals surface area (Å²) in [5.74, 6) is 4.23. The number of hydrogen-bond donors (Lipinski definition) is 2. The summed E-state index contributed by atoms with van der Waals surface area (Å²) in [6.45, 7) is 0. The number of hydrazine groups is 1. The fourth-order valence-electron chi connectivity index (χ4n) is 2.44. The van der Waals surface area contributed by atoms with Gasteiger partial charge in [0.15, 0.2) is 0 Å². The van der Waals surface area contributed by atoms with Crippen molar-refractivity contribution >= 4 is 23.2 Å². The Kier molecular flexibility index (Phi) is 6.99. The molecule has 0 radical (unpaired) electrons. The molecule has 0 atom stereocenters. The Labute approximate surface area is 172 Å². The Morgan fingerprint density at radius 1 is 1.23 bits per heavy atom. The third kappa shape index (κ3) is 6.36. The summed E-state index contributed by atoms with van der Waals surface area (Å²) in [5, 5.41) is 2.74.